The summed E-state index contributed by atoms with van der Waals surface area (Å²) in [6.45, 7) is -1.46. The number of guanidine groups is 3. The molecule has 0 radical (unpaired) electrons. The number of fused-ring (bicyclic) bond motifs is 2. The Balaban J connectivity index is 1.02. The minimum absolute atomic E-state index is 0.0000719. The van der Waals surface area contributed by atoms with Crippen molar-refractivity contribution in [1.82, 2.24) is 46.2 Å². The number of aliphatic hydroxyl groups is 2. The molecule has 4 fully saturated rings. The molecule has 504 valence electrons. The number of carboxylic acid groups (broad SMARTS) is 1. The number of aliphatic carboxylic acids is 1. The van der Waals surface area contributed by atoms with Gasteiger partial charge in [0.05, 0.1) is 25.3 Å². The fourth-order valence-corrected chi connectivity index (χ4v) is 13.6. The number of benzene rings is 1. The molecule has 1 aromatic heterocycles. The van der Waals surface area contributed by atoms with Gasteiger partial charge < -0.3 is 102 Å². The summed E-state index contributed by atoms with van der Waals surface area (Å²) in [7, 11) is 0. The van der Waals surface area contributed by atoms with Gasteiger partial charge >= 0.3 is 5.97 Å². The lowest BCUT2D eigenvalue weighted by Gasteiger charge is -2.42. The predicted molar refractivity (Wildman–Crippen MR) is 338 cm³/mol. The molecule has 1 aromatic carbocycles. The summed E-state index contributed by atoms with van der Waals surface area (Å²) in [5, 5.41) is 48.5. The SMILES string of the molecule is NC(N)=NCCC[C@@H](N)C(=O)N[C@@H](CCCN=C(N)N)C(=O)N1CCC[C@H]1C(=O)N1C[C@H](O)C[C@H]1C(=O)NCC(=O)N[C@@H](Cc1ccsc1)C(=O)N[C@@H](CO)C(=O)N1Cc2ccccc2C[C@@H]1C(=O)N1[C@H](C(=O)N[C@@H](CCCN=C(N)N)C(=O)O)C[C@@H]2CCCC[C@@H]21. The van der Waals surface area contributed by atoms with Crippen molar-refractivity contribution >= 4 is 88.3 Å². The van der Waals surface area contributed by atoms with Crippen LogP contribution in [0.25, 0.3) is 0 Å². The second kappa shape index (κ2) is 33.6. The van der Waals surface area contributed by atoms with E-state index in [4.69, 9.17) is 40.1 Å². The van der Waals surface area contributed by atoms with Crippen molar-refractivity contribution in [3.8, 4) is 0 Å². The number of carbonyl (C=O) groups is 10. The number of nitrogens with two attached hydrogens (primary N) is 7. The smallest absolute Gasteiger partial charge is 0.326 e. The van der Waals surface area contributed by atoms with E-state index < -0.39 is 139 Å². The Hall–Kier alpha value is -8.69. The van der Waals surface area contributed by atoms with Gasteiger partial charge in [-0.25, -0.2) is 4.79 Å². The molecular weight excluding hydrogens is 1210 g/mol. The molecule has 22 N–H and O–H groups in total. The Labute approximate surface area is 536 Å². The largest absolute Gasteiger partial charge is 0.480 e. The highest BCUT2D eigenvalue weighted by Crippen LogP contribution is 2.41. The zero-order chi connectivity index (χ0) is 66.8. The zero-order valence-corrected chi connectivity index (χ0v) is 52.3. The fraction of sp³-hybridized carbons (Fsp3) is 0.610. The number of nitrogens with one attached hydrogen (secondary N) is 5. The molecule has 0 spiro atoms. The second-order valence-corrected chi connectivity index (χ2v) is 24.8. The topological polar surface area (TPSA) is 524 Å². The number of carbonyl (C=O) groups excluding carboxylic acids is 9. The van der Waals surface area contributed by atoms with Gasteiger partial charge in [-0.3, -0.25) is 58.1 Å². The van der Waals surface area contributed by atoms with Gasteiger partial charge in [0.2, 0.25) is 53.2 Å². The first kappa shape index (κ1) is 70.8. The number of aliphatic hydroxyl groups excluding tert-OH is 2. The van der Waals surface area contributed by atoms with Crippen molar-refractivity contribution in [2.45, 2.75) is 176 Å². The maximum Gasteiger partial charge on any atom is 0.326 e. The molecule has 1 saturated carbocycles. The van der Waals surface area contributed by atoms with Crippen LogP contribution < -0.4 is 66.7 Å². The maximum atomic E-state index is 15.3. The quantitative estimate of drug-likeness (QED) is 0.0198. The molecule has 12 atom stereocenters. The summed E-state index contributed by atoms with van der Waals surface area (Å²) in [6.07, 6.45) is 3.41. The van der Waals surface area contributed by atoms with Crippen molar-refractivity contribution in [2.24, 2.45) is 61.0 Å². The van der Waals surface area contributed by atoms with Gasteiger partial charge in [0, 0.05) is 64.6 Å². The molecule has 9 amide bonds. The lowest BCUT2D eigenvalue weighted by Crippen LogP contribution is -2.63. The summed E-state index contributed by atoms with van der Waals surface area (Å²) in [5.41, 5.74) is 40.9. The van der Waals surface area contributed by atoms with Crippen LogP contribution >= 0.6 is 11.3 Å². The third-order valence-corrected chi connectivity index (χ3v) is 18.2. The monoisotopic (exact) mass is 1300 g/mol. The van der Waals surface area contributed by atoms with Crippen LogP contribution in [-0.4, -0.2) is 224 Å². The van der Waals surface area contributed by atoms with Crippen LogP contribution in [0.4, 0.5) is 0 Å². The Bertz CT molecular complexity index is 3050. The van der Waals surface area contributed by atoms with Crippen molar-refractivity contribution < 1.29 is 63.3 Å². The van der Waals surface area contributed by atoms with Gasteiger partial charge in [0.15, 0.2) is 17.9 Å². The van der Waals surface area contributed by atoms with E-state index in [0.29, 0.717) is 30.4 Å². The molecule has 0 unspecified atom stereocenters. The number of rotatable bonds is 30. The minimum atomic E-state index is -1.67. The van der Waals surface area contributed by atoms with E-state index in [9.17, 15) is 58.5 Å². The molecule has 4 aliphatic heterocycles. The van der Waals surface area contributed by atoms with E-state index >= 15 is 4.79 Å². The highest BCUT2D eigenvalue weighted by Gasteiger charge is 2.52. The minimum Gasteiger partial charge on any atom is -0.480 e. The van der Waals surface area contributed by atoms with Gasteiger partial charge in [0.25, 0.3) is 0 Å². The molecular formula is C59H89N19O13S. The van der Waals surface area contributed by atoms with E-state index in [0.717, 1.165) is 29.7 Å². The number of aliphatic imine (C=N–C) groups is 3. The first-order valence-electron chi connectivity index (χ1n) is 31.2. The van der Waals surface area contributed by atoms with Crippen LogP contribution in [0, 0.1) is 5.92 Å². The average molecular weight is 1300 g/mol. The van der Waals surface area contributed by atoms with Crippen LogP contribution in [0.15, 0.2) is 56.1 Å². The van der Waals surface area contributed by atoms with Crippen LogP contribution in [0.2, 0.25) is 0 Å². The normalized spacial score (nSPS) is 22.4. The van der Waals surface area contributed by atoms with Gasteiger partial charge in [-0.2, -0.15) is 11.3 Å². The Morgan fingerprint density at radius 3 is 1.90 bits per heavy atom. The number of likely N-dealkylation sites (tertiary alicyclic amines) is 3. The highest BCUT2D eigenvalue weighted by molar-refractivity contribution is 7.08. The lowest BCUT2D eigenvalue weighted by atomic mass is 9.84. The van der Waals surface area contributed by atoms with Gasteiger partial charge in [-0.15, -0.1) is 0 Å². The number of carboxylic acids is 1. The van der Waals surface area contributed by atoms with Gasteiger partial charge in [0.1, 0.15) is 48.3 Å². The van der Waals surface area contributed by atoms with Crippen molar-refractivity contribution in [1.29, 1.82) is 0 Å². The molecule has 2 aromatic rings. The van der Waals surface area contributed by atoms with Gasteiger partial charge in [-0.05, 0) is 110 Å². The number of hydrogen-bond acceptors (Lipinski definition) is 17. The molecule has 5 aliphatic rings. The molecule has 33 heteroatoms. The number of β-amino-alcohol motifs (C(OH)–C–C–N with tert-alkyl or cyclic N) is 1. The fourth-order valence-electron chi connectivity index (χ4n) is 12.9. The summed E-state index contributed by atoms with van der Waals surface area (Å²) in [4.78, 5) is 158. The third-order valence-electron chi connectivity index (χ3n) is 17.5. The third kappa shape index (κ3) is 19.0. The molecule has 7 rings (SSSR count). The zero-order valence-electron chi connectivity index (χ0n) is 51.4. The van der Waals surface area contributed by atoms with E-state index in [1.54, 1.807) is 35.0 Å². The van der Waals surface area contributed by atoms with E-state index in [2.05, 4.69) is 41.6 Å². The molecule has 5 heterocycles. The highest BCUT2D eigenvalue weighted by atomic mass is 32.1. The molecule has 32 nitrogen and oxygen atoms in total. The molecule has 1 aliphatic carbocycles. The summed E-state index contributed by atoms with van der Waals surface area (Å²) in [6, 6.07) is -2.80. The van der Waals surface area contributed by atoms with Crippen LogP contribution in [-0.2, 0) is 67.3 Å². The van der Waals surface area contributed by atoms with Crippen molar-refractivity contribution in [3.05, 3.63) is 57.8 Å². The standard InChI is InChI=1S/C59H89N19O13S/c60-37(12-5-18-67-57(61)62)48(82)72-38(13-6-19-68-58(63)64)52(86)75-21-8-16-43(75)54(88)77-29-36(80)26-44(77)50(84)70-27-47(81)71-40(23-32-17-22-92-31-32)49(83)74-41(30-79)53(87)76-28-35-11-2-1-9-33(35)24-46(76)55(89)78-42-15-4-3-10-34(42)25-45(78)51(85)73-39(56(90)91)14-7-20-69-59(65)66/h1-2,9,11,17,22,31,34,36-46,79-80H,3-8,10,12-16,18-21,23-30,60H2,(H,70,84)(H,71,81)(H,72,82)(H,73,85)(H,74,83)(H,90,91)(H4,61,62,67)(H4,63,64,68)(H4,65,66,69)/t34-,36+,37+,38-,39-,40-,41-,42-,43-,44-,45-,46+/m0/s1. The predicted octanol–water partition coefficient (Wildman–Crippen LogP) is -5.02. The Morgan fingerprint density at radius 2 is 1.26 bits per heavy atom. The number of nitrogens with zero attached hydrogens (tertiary/aromatic N) is 7. The summed E-state index contributed by atoms with van der Waals surface area (Å²) < 4.78 is 0. The molecule has 3 saturated heterocycles. The first-order chi connectivity index (χ1) is 43.9. The number of amides is 9. The average Bonchev–Trinajstić information content (AvgIpc) is 1.48. The van der Waals surface area contributed by atoms with E-state index in [1.165, 1.54) is 26.0 Å². The molecule has 0 bridgehead atoms. The number of thiophene rings is 1. The van der Waals surface area contributed by atoms with Crippen molar-refractivity contribution in [2.75, 3.05) is 45.9 Å². The van der Waals surface area contributed by atoms with Crippen LogP contribution in [0.1, 0.15) is 107 Å². The summed E-state index contributed by atoms with van der Waals surface area (Å²) >= 11 is 1.32. The molecule has 92 heavy (non-hydrogen) atoms. The Kier molecular flexibility index (Phi) is 25.8. The maximum absolute atomic E-state index is 15.3. The second-order valence-electron chi connectivity index (χ2n) is 24.0. The van der Waals surface area contributed by atoms with Crippen LogP contribution in [0.3, 0.4) is 0 Å². The lowest BCUT2D eigenvalue weighted by molar-refractivity contribution is -0.153. The van der Waals surface area contributed by atoms with Gasteiger partial charge in [-0.1, -0.05) is 37.1 Å². The van der Waals surface area contributed by atoms with E-state index in [-0.39, 0.29) is 127 Å². The summed E-state index contributed by atoms with van der Waals surface area (Å²) in [5.74, 6) is -8.34. The van der Waals surface area contributed by atoms with E-state index in [1.807, 2.05) is 6.07 Å². The number of hydrogen-bond donors (Lipinski definition) is 15. The first-order valence-corrected chi connectivity index (χ1v) is 32.1. The van der Waals surface area contributed by atoms with Crippen LogP contribution in [0.5, 0.6) is 0 Å². The van der Waals surface area contributed by atoms with Crippen molar-refractivity contribution in [3.63, 3.8) is 0 Å². The Morgan fingerprint density at radius 1 is 0.630 bits per heavy atom.